The SMILES string of the molecule is CC(C)c1nn(C)c2nc(Cl)nc(Cl)c12. The molecular weight excluding hydrogens is 235 g/mol. The maximum absolute atomic E-state index is 6.04. The number of fused-ring (bicyclic) bond motifs is 1. The summed E-state index contributed by atoms with van der Waals surface area (Å²) in [7, 11) is 1.81. The van der Waals surface area contributed by atoms with E-state index in [1.165, 1.54) is 0 Å². The molecule has 0 spiro atoms. The zero-order valence-electron chi connectivity index (χ0n) is 8.62. The Morgan fingerprint density at radius 1 is 1.20 bits per heavy atom. The van der Waals surface area contributed by atoms with E-state index < -0.39 is 0 Å². The van der Waals surface area contributed by atoms with Gasteiger partial charge in [-0.3, -0.25) is 0 Å². The minimum atomic E-state index is 0.144. The van der Waals surface area contributed by atoms with Gasteiger partial charge in [0.05, 0.1) is 11.1 Å². The van der Waals surface area contributed by atoms with Crippen molar-refractivity contribution in [1.29, 1.82) is 0 Å². The molecule has 15 heavy (non-hydrogen) atoms. The first-order chi connectivity index (χ1) is 7.00. The number of hydrogen-bond acceptors (Lipinski definition) is 3. The van der Waals surface area contributed by atoms with Gasteiger partial charge in [0.25, 0.3) is 0 Å². The normalized spacial score (nSPS) is 11.6. The van der Waals surface area contributed by atoms with Crippen molar-refractivity contribution in [3.8, 4) is 0 Å². The van der Waals surface area contributed by atoms with E-state index in [1.54, 1.807) is 4.68 Å². The van der Waals surface area contributed by atoms with Crippen LogP contribution in [0, 0.1) is 0 Å². The number of hydrogen-bond donors (Lipinski definition) is 0. The highest BCUT2D eigenvalue weighted by Gasteiger charge is 2.17. The quantitative estimate of drug-likeness (QED) is 0.573. The van der Waals surface area contributed by atoms with E-state index in [2.05, 4.69) is 15.1 Å². The first-order valence-electron chi connectivity index (χ1n) is 4.56. The van der Waals surface area contributed by atoms with Crippen molar-refractivity contribution in [2.75, 3.05) is 0 Å². The molecule has 4 nitrogen and oxygen atoms in total. The molecule has 0 aliphatic heterocycles. The van der Waals surface area contributed by atoms with E-state index in [4.69, 9.17) is 23.2 Å². The average Bonchev–Trinajstić information content (AvgIpc) is 2.44. The number of aryl methyl sites for hydroxylation is 1. The summed E-state index contributed by atoms with van der Waals surface area (Å²) in [5, 5.41) is 5.66. The Labute approximate surface area is 97.2 Å². The Morgan fingerprint density at radius 3 is 2.47 bits per heavy atom. The largest absolute Gasteiger partial charge is 0.250 e. The topological polar surface area (TPSA) is 43.6 Å². The van der Waals surface area contributed by atoms with Crippen molar-refractivity contribution in [3.05, 3.63) is 16.1 Å². The Hall–Kier alpha value is -0.870. The van der Waals surface area contributed by atoms with E-state index >= 15 is 0 Å². The molecule has 0 unspecified atom stereocenters. The van der Waals surface area contributed by atoms with Crippen molar-refractivity contribution in [3.63, 3.8) is 0 Å². The molecule has 0 saturated heterocycles. The van der Waals surface area contributed by atoms with Crippen LogP contribution >= 0.6 is 23.2 Å². The molecule has 2 rings (SSSR count). The third kappa shape index (κ3) is 1.68. The predicted octanol–water partition coefficient (Wildman–Crippen LogP) is 2.79. The van der Waals surface area contributed by atoms with Crippen LogP contribution in [0.3, 0.4) is 0 Å². The van der Waals surface area contributed by atoms with Crippen molar-refractivity contribution >= 4 is 34.2 Å². The second-order valence-corrected chi connectivity index (χ2v) is 4.34. The summed E-state index contributed by atoms with van der Waals surface area (Å²) in [5.74, 6) is 0.274. The van der Waals surface area contributed by atoms with Crippen LogP contribution < -0.4 is 0 Å². The molecule has 0 aliphatic carbocycles. The first kappa shape index (κ1) is 10.6. The van der Waals surface area contributed by atoms with Crippen LogP contribution in [0.15, 0.2) is 0 Å². The second kappa shape index (κ2) is 3.61. The van der Waals surface area contributed by atoms with Crippen LogP contribution in [-0.2, 0) is 7.05 Å². The van der Waals surface area contributed by atoms with Crippen LogP contribution in [0.4, 0.5) is 0 Å². The molecular formula is C9H10Cl2N4. The molecule has 0 radical (unpaired) electrons. The fourth-order valence-electron chi connectivity index (χ4n) is 1.51. The monoisotopic (exact) mass is 244 g/mol. The molecule has 0 aromatic carbocycles. The van der Waals surface area contributed by atoms with Crippen LogP contribution in [0.5, 0.6) is 0 Å². The molecule has 2 heterocycles. The van der Waals surface area contributed by atoms with Gasteiger partial charge in [0.15, 0.2) is 5.65 Å². The molecule has 0 atom stereocenters. The predicted molar refractivity (Wildman–Crippen MR) is 60.4 cm³/mol. The third-order valence-electron chi connectivity index (χ3n) is 2.19. The Bertz CT molecular complexity index is 518. The fraction of sp³-hybridized carbons (Fsp3) is 0.444. The van der Waals surface area contributed by atoms with Gasteiger partial charge in [-0.05, 0) is 17.5 Å². The number of nitrogens with zero attached hydrogens (tertiary/aromatic N) is 4. The van der Waals surface area contributed by atoms with Gasteiger partial charge in [0.2, 0.25) is 5.28 Å². The Balaban J connectivity index is 2.87. The average molecular weight is 245 g/mol. The van der Waals surface area contributed by atoms with E-state index in [1.807, 2.05) is 20.9 Å². The minimum Gasteiger partial charge on any atom is -0.250 e. The first-order valence-corrected chi connectivity index (χ1v) is 5.32. The van der Waals surface area contributed by atoms with Gasteiger partial charge in [-0.15, -0.1) is 0 Å². The Morgan fingerprint density at radius 2 is 1.87 bits per heavy atom. The summed E-state index contributed by atoms with van der Waals surface area (Å²) < 4.78 is 1.67. The summed E-state index contributed by atoms with van der Waals surface area (Å²) in [6, 6.07) is 0. The molecule has 2 aromatic rings. The summed E-state index contributed by atoms with van der Waals surface area (Å²) in [5.41, 5.74) is 1.57. The zero-order valence-corrected chi connectivity index (χ0v) is 10.1. The molecule has 0 fully saturated rings. The molecule has 0 saturated carbocycles. The molecule has 6 heteroatoms. The summed E-state index contributed by atoms with van der Waals surface area (Å²) >= 11 is 11.8. The molecule has 2 aromatic heterocycles. The van der Waals surface area contributed by atoms with E-state index in [0.29, 0.717) is 10.8 Å². The van der Waals surface area contributed by atoms with Crippen LogP contribution in [0.25, 0.3) is 11.0 Å². The molecule has 0 bridgehead atoms. The smallest absolute Gasteiger partial charge is 0.225 e. The third-order valence-corrected chi connectivity index (χ3v) is 2.63. The second-order valence-electron chi connectivity index (χ2n) is 3.65. The lowest BCUT2D eigenvalue weighted by Gasteiger charge is -2.00. The van der Waals surface area contributed by atoms with Gasteiger partial charge < -0.3 is 0 Å². The highest BCUT2D eigenvalue weighted by Crippen LogP contribution is 2.29. The van der Waals surface area contributed by atoms with E-state index in [-0.39, 0.29) is 11.2 Å². The minimum absolute atomic E-state index is 0.144. The van der Waals surface area contributed by atoms with Gasteiger partial charge in [-0.25, -0.2) is 9.67 Å². The lowest BCUT2D eigenvalue weighted by atomic mass is 10.1. The van der Waals surface area contributed by atoms with Gasteiger partial charge in [0.1, 0.15) is 5.15 Å². The zero-order chi connectivity index (χ0) is 11.2. The van der Waals surface area contributed by atoms with Gasteiger partial charge in [0, 0.05) is 7.05 Å². The summed E-state index contributed by atoms with van der Waals surface area (Å²) in [4.78, 5) is 8.03. The fourth-order valence-corrected chi connectivity index (χ4v) is 1.98. The van der Waals surface area contributed by atoms with Crippen molar-refractivity contribution < 1.29 is 0 Å². The summed E-state index contributed by atoms with van der Waals surface area (Å²) in [6.45, 7) is 4.10. The van der Waals surface area contributed by atoms with Crippen LogP contribution in [-0.4, -0.2) is 19.7 Å². The van der Waals surface area contributed by atoms with Crippen LogP contribution in [0.1, 0.15) is 25.5 Å². The van der Waals surface area contributed by atoms with Gasteiger partial charge >= 0.3 is 0 Å². The lowest BCUT2D eigenvalue weighted by molar-refractivity contribution is 0.724. The Kier molecular flexibility index (Phi) is 2.56. The molecule has 80 valence electrons. The van der Waals surface area contributed by atoms with E-state index in [0.717, 1.165) is 11.1 Å². The maximum Gasteiger partial charge on any atom is 0.225 e. The standard InChI is InChI=1S/C9H10Cl2N4/c1-4(2)6-5-7(10)12-9(11)13-8(5)15(3)14-6/h4H,1-3H3. The van der Waals surface area contributed by atoms with Crippen molar-refractivity contribution in [1.82, 2.24) is 19.7 Å². The van der Waals surface area contributed by atoms with Crippen LogP contribution in [0.2, 0.25) is 10.4 Å². The van der Waals surface area contributed by atoms with Crippen molar-refractivity contribution in [2.24, 2.45) is 7.05 Å². The number of rotatable bonds is 1. The highest BCUT2D eigenvalue weighted by molar-refractivity contribution is 6.35. The van der Waals surface area contributed by atoms with Gasteiger partial charge in [-0.1, -0.05) is 25.4 Å². The highest BCUT2D eigenvalue weighted by atomic mass is 35.5. The van der Waals surface area contributed by atoms with E-state index in [9.17, 15) is 0 Å². The maximum atomic E-state index is 6.04. The van der Waals surface area contributed by atoms with Gasteiger partial charge in [-0.2, -0.15) is 10.1 Å². The van der Waals surface area contributed by atoms with Crippen molar-refractivity contribution in [2.45, 2.75) is 19.8 Å². The number of halogens is 2. The summed E-state index contributed by atoms with van der Waals surface area (Å²) in [6.07, 6.45) is 0. The molecule has 0 aliphatic rings. The molecule has 0 N–H and O–H groups in total. The molecule has 0 amide bonds. The lowest BCUT2D eigenvalue weighted by Crippen LogP contribution is -1.94. The number of aromatic nitrogens is 4.